The molecule has 1 aliphatic rings. The Morgan fingerprint density at radius 2 is 2.12 bits per heavy atom. The van der Waals surface area contributed by atoms with Crippen molar-refractivity contribution in [2.75, 3.05) is 0 Å². The molecule has 0 radical (unpaired) electrons. The summed E-state index contributed by atoms with van der Waals surface area (Å²) in [7, 11) is 0. The number of halogens is 1. The molecule has 8 heavy (non-hydrogen) atoms. The molecule has 1 unspecified atom stereocenters. The van der Waals surface area contributed by atoms with E-state index in [4.69, 9.17) is 0 Å². The van der Waals surface area contributed by atoms with Crippen LogP contribution in [0.15, 0.2) is 0 Å². The zero-order chi connectivity index (χ0) is 6.20. The second kappa shape index (κ2) is 1.71. The Bertz CT molecular complexity index is 86.4. The third kappa shape index (κ3) is 0.862. The Labute approximate surface area is 50.1 Å². The lowest BCUT2D eigenvalue weighted by Crippen LogP contribution is -2.17. The first-order valence-corrected chi connectivity index (χ1v) is 3.27. The first kappa shape index (κ1) is 6.06. The molecule has 1 fully saturated rings. The largest absolute Gasteiger partial charge is 0.247 e. The summed E-state index contributed by atoms with van der Waals surface area (Å²) in [6, 6.07) is 0. The van der Waals surface area contributed by atoms with Gasteiger partial charge >= 0.3 is 0 Å². The monoisotopic (exact) mass is 116 g/mol. The van der Waals surface area contributed by atoms with E-state index in [1.807, 2.05) is 13.8 Å². The average molecular weight is 116 g/mol. The number of hydrogen-bond acceptors (Lipinski definition) is 0. The summed E-state index contributed by atoms with van der Waals surface area (Å²) < 4.78 is 12.7. The van der Waals surface area contributed by atoms with E-state index < -0.39 is 6.17 Å². The van der Waals surface area contributed by atoms with Gasteiger partial charge in [0.05, 0.1) is 0 Å². The quantitative estimate of drug-likeness (QED) is 0.456. The van der Waals surface area contributed by atoms with Gasteiger partial charge in [0.15, 0.2) is 0 Å². The molecule has 1 aliphatic carbocycles. The molecule has 0 bridgehead atoms. The van der Waals surface area contributed by atoms with E-state index in [1.54, 1.807) is 0 Å². The Balaban J connectivity index is 2.54. The fourth-order valence-corrected chi connectivity index (χ4v) is 1.28. The minimum absolute atomic E-state index is 0.0139. The number of hydrogen-bond donors (Lipinski definition) is 0. The molecule has 0 nitrogen and oxygen atoms in total. The van der Waals surface area contributed by atoms with E-state index >= 15 is 0 Å². The van der Waals surface area contributed by atoms with Crippen LogP contribution >= 0.6 is 0 Å². The first-order valence-electron chi connectivity index (χ1n) is 3.27. The second-order valence-electron chi connectivity index (χ2n) is 3.35. The van der Waals surface area contributed by atoms with Crippen LogP contribution in [0.1, 0.15) is 33.1 Å². The van der Waals surface area contributed by atoms with Crippen molar-refractivity contribution in [3.63, 3.8) is 0 Å². The van der Waals surface area contributed by atoms with Crippen LogP contribution in [-0.4, -0.2) is 6.17 Å². The summed E-state index contributed by atoms with van der Waals surface area (Å²) in [6.45, 7) is 4.01. The standard InChI is InChI=1S/C7H13F/c1-7(2)5-3-4-6(7)8/h6H,3-5H2,1-2H3. The van der Waals surface area contributed by atoms with Gasteiger partial charge in [0.2, 0.25) is 0 Å². The molecule has 0 aromatic rings. The molecule has 0 N–H and O–H groups in total. The number of rotatable bonds is 0. The van der Waals surface area contributed by atoms with E-state index in [0.29, 0.717) is 0 Å². The van der Waals surface area contributed by atoms with E-state index in [1.165, 1.54) is 0 Å². The van der Waals surface area contributed by atoms with Gasteiger partial charge in [-0.2, -0.15) is 0 Å². The topological polar surface area (TPSA) is 0 Å². The molecule has 0 spiro atoms. The van der Waals surface area contributed by atoms with Gasteiger partial charge < -0.3 is 0 Å². The summed E-state index contributed by atoms with van der Waals surface area (Å²) in [6.07, 6.45) is 2.39. The predicted molar refractivity (Wildman–Crippen MR) is 32.5 cm³/mol. The van der Waals surface area contributed by atoms with Gasteiger partial charge in [0, 0.05) is 0 Å². The van der Waals surface area contributed by atoms with Gasteiger partial charge in [-0.15, -0.1) is 0 Å². The summed E-state index contributed by atoms with van der Waals surface area (Å²) in [5.74, 6) is 0. The van der Waals surface area contributed by atoms with E-state index in [2.05, 4.69) is 0 Å². The lowest BCUT2D eigenvalue weighted by molar-refractivity contribution is 0.182. The van der Waals surface area contributed by atoms with Crippen LogP contribution in [0.25, 0.3) is 0 Å². The zero-order valence-electron chi connectivity index (χ0n) is 5.58. The highest BCUT2D eigenvalue weighted by Gasteiger charge is 2.34. The Kier molecular flexibility index (Phi) is 1.30. The molecule has 0 aromatic heterocycles. The fraction of sp³-hybridized carbons (Fsp3) is 1.00. The van der Waals surface area contributed by atoms with Gasteiger partial charge in [-0.1, -0.05) is 13.8 Å². The highest BCUT2D eigenvalue weighted by Crippen LogP contribution is 2.39. The maximum atomic E-state index is 12.7. The third-order valence-electron chi connectivity index (χ3n) is 2.13. The highest BCUT2D eigenvalue weighted by atomic mass is 19.1. The van der Waals surface area contributed by atoms with Crippen LogP contribution in [0, 0.1) is 5.41 Å². The van der Waals surface area contributed by atoms with Crippen LogP contribution in [0.2, 0.25) is 0 Å². The van der Waals surface area contributed by atoms with Gasteiger partial charge in [-0.25, -0.2) is 4.39 Å². The Hall–Kier alpha value is -0.0700. The maximum Gasteiger partial charge on any atom is 0.105 e. The molecule has 0 amide bonds. The summed E-state index contributed by atoms with van der Waals surface area (Å²) in [4.78, 5) is 0. The smallest absolute Gasteiger partial charge is 0.105 e. The van der Waals surface area contributed by atoms with Crippen molar-refractivity contribution in [2.45, 2.75) is 39.3 Å². The molecule has 0 aliphatic heterocycles. The molecular formula is C7H13F. The van der Waals surface area contributed by atoms with Gasteiger partial charge in [0.1, 0.15) is 6.17 Å². The first-order chi connectivity index (χ1) is 3.63. The number of alkyl halides is 1. The zero-order valence-corrected chi connectivity index (χ0v) is 5.58. The van der Waals surface area contributed by atoms with Crippen molar-refractivity contribution in [1.29, 1.82) is 0 Å². The van der Waals surface area contributed by atoms with Crippen LogP contribution in [0.3, 0.4) is 0 Å². The summed E-state index contributed by atoms with van der Waals surface area (Å²) in [5.41, 5.74) is -0.0139. The molecule has 1 heteroatoms. The Morgan fingerprint density at radius 3 is 2.25 bits per heavy atom. The normalized spacial score (nSPS) is 35.6. The lowest BCUT2D eigenvalue weighted by Gasteiger charge is -2.18. The molecule has 1 saturated carbocycles. The average Bonchev–Trinajstić information content (AvgIpc) is 1.86. The molecule has 0 aromatic carbocycles. The SMILES string of the molecule is CC1(C)CCCC1F. The highest BCUT2D eigenvalue weighted by molar-refractivity contribution is 4.84. The van der Waals surface area contributed by atoms with Crippen LogP contribution < -0.4 is 0 Å². The van der Waals surface area contributed by atoms with Crippen molar-refractivity contribution in [3.05, 3.63) is 0 Å². The van der Waals surface area contributed by atoms with Gasteiger partial charge in [0.25, 0.3) is 0 Å². The Morgan fingerprint density at radius 1 is 1.50 bits per heavy atom. The van der Waals surface area contributed by atoms with Crippen molar-refractivity contribution in [2.24, 2.45) is 5.41 Å². The predicted octanol–water partition coefficient (Wildman–Crippen LogP) is 2.53. The van der Waals surface area contributed by atoms with Crippen molar-refractivity contribution in [1.82, 2.24) is 0 Å². The maximum absolute atomic E-state index is 12.7. The van der Waals surface area contributed by atoms with Gasteiger partial charge in [-0.3, -0.25) is 0 Å². The van der Waals surface area contributed by atoms with Gasteiger partial charge in [-0.05, 0) is 24.7 Å². The summed E-state index contributed by atoms with van der Waals surface area (Å²) >= 11 is 0. The minimum Gasteiger partial charge on any atom is -0.247 e. The van der Waals surface area contributed by atoms with E-state index in [9.17, 15) is 4.39 Å². The molecule has 0 saturated heterocycles. The fourth-order valence-electron chi connectivity index (χ4n) is 1.28. The lowest BCUT2D eigenvalue weighted by atomic mass is 9.91. The third-order valence-corrected chi connectivity index (χ3v) is 2.13. The molecular weight excluding hydrogens is 103 g/mol. The minimum atomic E-state index is -0.539. The van der Waals surface area contributed by atoms with Crippen LogP contribution in [-0.2, 0) is 0 Å². The summed E-state index contributed by atoms with van der Waals surface area (Å²) in [5, 5.41) is 0. The van der Waals surface area contributed by atoms with Crippen molar-refractivity contribution in [3.8, 4) is 0 Å². The van der Waals surface area contributed by atoms with Crippen LogP contribution in [0.5, 0.6) is 0 Å². The van der Waals surface area contributed by atoms with Crippen molar-refractivity contribution >= 4 is 0 Å². The van der Waals surface area contributed by atoms with E-state index in [-0.39, 0.29) is 5.41 Å². The molecule has 1 rings (SSSR count). The molecule has 48 valence electrons. The molecule has 1 atom stereocenters. The van der Waals surface area contributed by atoms with Crippen molar-refractivity contribution < 1.29 is 4.39 Å². The molecule has 0 heterocycles. The van der Waals surface area contributed by atoms with E-state index in [0.717, 1.165) is 19.3 Å². The second-order valence-corrected chi connectivity index (χ2v) is 3.35. The van der Waals surface area contributed by atoms with Crippen LogP contribution in [0.4, 0.5) is 4.39 Å².